The van der Waals surface area contributed by atoms with Crippen LogP contribution in [0, 0.1) is 34.6 Å². The van der Waals surface area contributed by atoms with Crippen molar-refractivity contribution in [3.8, 4) is 11.1 Å². The molecule has 0 saturated carbocycles. The van der Waals surface area contributed by atoms with Crippen LogP contribution in [0.2, 0.25) is 0 Å². The number of carbonyl (C=O) groups excluding carboxylic acids is 1. The largest absolute Gasteiger partial charge is 0.447 e. The molecule has 0 heterocycles. The average molecular weight is 352 g/mol. The molecule has 1 atom stereocenters. The zero-order valence-corrected chi connectivity index (χ0v) is 16.9. The predicted molar refractivity (Wildman–Crippen MR) is 105 cm³/mol. The Labute approximate surface area is 156 Å². The summed E-state index contributed by atoms with van der Waals surface area (Å²) < 4.78 is 11.8. The van der Waals surface area contributed by atoms with Crippen LogP contribution in [-0.4, -0.2) is 19.7 Å². The third kappa shape index (κ3) is 2.57. The fourth-order valence-electron chi connectivity index (χ4n) is 4.08. The van der Waals surface area contributed by atoms with E-state index in [1.807, 2.05) is 6.92 Å². The molecule has 3 heteroatoms. The summed E-state index contributed by atoms with van der Waals surface area (Å²) in [6.45, 7) is 12.7. The van der Waals surface area contributed by atoms with Crippen LogP contribution >= 0.6 is 0 Å². The second-order valence-electron chi connectivity index (χ2n) is 7.44. The number of ether oxygens (including phenoxy) is 2. The first kappa shape index (κ1) is 18.7. The van der Waals surface area contributed by atoms with Gasteiger partial charge < -0.3 is 9.47 Å². The highest BCUT2D eigenvalue weighted by Crippen LogP contribution is 2.53. The first-order chi connectivity index (χ1) is 12.3. The number of carbonyl (C=O) groups is 1. The number of esters is 1. The molecule has 2 aromatic rings. The molecule has 0 amide bonds. The Kier molecular flexibility index (Phi) is 4.70. The summed E-state index contributed by atoms with van der Waals surface area (Å²) in [7, 11) is 1.66. The van der Waals surface area contributed by atoms with Crippen LogP contribution in [0.5, 0.6) is 0 Å². The fourth-order valence-corrected chi connectivity index (χ4v) is 4.08. The summed E-state index contributed by atoms with van der Waals surface area (Å²) in [6, 6.07) is 6.61. The van der Waals surface area contributed by atoms with Gasteiger partial charge >= 0.3 is 5.97 Å². The van der Waals surface area contributed by atoms with Gasteiger partial charge in [0.05, 0.1) is 6.61 Å². The maximum atomic E-state index is 12.4. The normalized spacial score (nSPS) is 17.8. The summed E-state index contributed by atoms with van der Waals surface area (Å²) in [5.74, 6) is -0.211. The van der Waals surface area contributed by atoms with Gasteiger partial charge in [0, 0.05) is 24.7 Å². The van der Waals surface area contributed by atoms with Gasteiger partial charge in [0.25, 0.3) is 0 Å². The predicted octanol–water partition coefficient (Wildman–Crippen LogP) is 5.05. The molecule has 138 valence electrons. The number of rotatable bonds is 4. The van der Waals surface area contributed by atoms with Gasteiger partial charge in [-0.3, -0.25) is 4.79 Å². The lowest BCUT2D eigenvalue weighted by atomic mass is 9.85. The van der Waals surface area contributed by atoms with Crippen molar-refractivity contribution < 1.29 is 14.3 Å². The monoisotopic (exact) mass is 352 g/mol. The van der Waals surface area contributed by atoms with Gasteiger partial charge in [-0.05, 0) is 73.6 Å². The van der Waals surface area contributed by atoms with Gasteiger partial charge in [0.15, 0.2) is 5.60 Å². The number of aryl methyl sites for hydroxylation is 3. The number of hydrogen-bond donors (Lipinski definition) is 0. The minimum absolute atomic E-state index is 0.211. The molecule has 0 spiro atoms. The van der Waals surface area contributed by atoms with Crippen molar-refractivity contribution in [2.75, 3.05) is 13.7 Å². The van der Waals surface area contributed by atoms with E-state index in [0.717, 1.165) is 22.3 Å². The van der Waals surface area contributed by atoms with Gasteiger partial charge in [-0.2, -0.15) is 0 Å². The van der Waals surface area contributed by atoms with E-state index in [1.165, 1.54) is 27.8 Å². The van der Waals surface area contributed by atoms with Crippen LogP contribution in [0.15, 0.2) is 18.2 Å². The van der Waals surface area contributed by atoms with Crippen LogP contribution < -0.4 is 0 Å². The van der Waals surface area contributed by atoms with Crippen molar-refractivity contribution in [3.63, 3.8) is 0 Å². The zero-order chi connectivity index (χ0) is 19.2. The number of methoxy groups -OCH3 is 1. The molecule has 1 aliphatic rings. The molecule has 3 rings (SSSR count). The zero-order valence-electron chi connectivity index (χ0n) is 16.9. The molecule has 26 heavy (non-hydrogen) atoms. The quantitative estimate of drug-likeness (QED) is 0.722. The summed E-state index contributed by atoms with van der Waals surface area (Å²) in [5.41, 5.74) is 9.62. The Morgan fingerprint density at radius 2 is 1.54 bits per heavy atom. The van der Waals surface area contributed by atoms with Crippen molar-refractivity contribution in [1.82, 2.24) is 0 Å². The summed E-state index contributed by atoms with van der Waals surface area (Å²) >= 11 is 0. The van der Waals surface area contributed by atoms with Crippen molar-refractivity contribution in [1.29, 1.82) is 0 Å². The molecule has 0 fully saturated rings. The lowest BCUT2D eigenvalue weighted by Crippen LogP contribution is -2.37. The Morgan fingerprint density at radius 1 is 0.923 bits per heavy atom. The minimum atomic E-state index is -0.881. The Bertz CT molecular complexity index is 895. The van der Waals surface area contributed by atoms with E-state index < -0.39 is 5.60 Å². The van der Waals surface area contributed by atoms with Crippen LogP contribution in [0.1, 0.15) is 52.3 Å². The molecule has 1 unspecified atom stereocenters. The second-order valence-corrected chi connectivity index (χ2v) is 7.44. The van der Waals surface area contributed by atoms with E-state index in [9.17, 15) is 4.79 Å². The van der Waals surface area contributed by atoms with E-state index in [1.54, 1.807) is 7.11 Å². The van der Waals surface area contributed by atoms with Crippen LogP contribution in [0.4, 0.5) is 0 Å². The Morgan fingerprint density at radius 3 is 2.15 bits per heavy atom. The van der Waals surface area contributed by atoms with E-state index in [4.69, 9.17) is 9.47 Å². The third-order valence-corrected chi connectivity index (χ3v) is 5.85. The molecule has 0 aromatic heterocycles. The smallest absolute Gasteiger partial charge is 0.306 e. The maximum absolute atomic E-state index is 12.4. The minimum Gasteiger partial charge on any atom is -0.447 e. The van der Waals surface area contributed by atoms with Crippen molar-refractivity contribution >= 4 is 5.97 Å². The molecule has 3 nitrogen and oxygen atoms in total. The molecule has 0 radical (unpaired) electrons. The van der Waals surface area contributed by atoms with E-state index >= 15 is 0 Å². The average Bonchev–Trinajstić information content (AvgIpc) is 2.83. The lowest BCUT2D eigenvalue weighted by Gasteiger charge is -2.33. The number of fused-ring (bicyclic) bond motifs is 3. The van der Waals surface area contributed by atoms with Crippen molar-refractivity contribution in [2.45, 2.75) is 53.6 Å². The van der Waals surface area contributed by atoms with E-state index in [0.29, 0.717) is 13.0 Å². The summed E-state index contributed by atoms with van der Waals surface area (Å²) in [6.07, 6.45) is 0.338. The third-order valence-electron chi connectivity index (χ3n) is 5.85. The molecular weight excluding hydrogens is 324 g/mol. The molecular formula is C23H28O3. The number of benzene rings is 2. The molecule has 0 bridgehead atoms. The lowest BCUT2D eigenvalue weighted by molar-refractivity contribution is -0.160. The first-order valence-electron chi connectivity index (χ1n) is 9.21. The molecule has 2 aromatic carbocycles. The molecule has 1 aliphatic carbocycles. The number of hydrogen-bond acceptors (Lipinski definition) is 3. The molecule has 0 saturated heterocycles. The summed E-state index contributed by atoms with van der Waals surface area (Å²) in [4.78, 5) is 12.4. The Hall–Kier alpha value is -2.13. The van der Waals surface area contributed by atoms with Gasteiger partial charge in [0.1, 0.15) is 0 Å². The highest BCUT2D eigenvalue weighted by atomic mass is 16.6. The van der Waals surface area contributed by atoms with Crippen LogP contribution in [-0.2, 0) is 19.9 Å². The highest BCUT2D eigenvalue weighted by Gasteiger charge is 2.48. The topological polar surface area (TPSA) is 35.5 Å². The van der Waals surface area contributed by atoms with Gasteiger partial charge in [-0.1, -0.05) is 25.1 Å². The van der Waals surface area contributed by atoms with Crippen molar-refractivity contribution in [3.05, 3.63) is 57.1 Å². The maximum Gasteiger partial charge on any atom is 0.306 e. The van der Waals surface area contributed by atoms with Gasteiger partial charge in [0.2, 0.25) is 0 Å². The Balaban J connectivity index is 2.43. The van der Waals surface area contributed by atoms with E-state index in [-0.39, 0.29) is 5.97 Å². The van der Waals surface area contributed by atoms with Crippen LogP contribution in [0.25, 0.3) is 11.1 Å². The van der Waals surface area contributed by atoms with E-state index in [2.05, 4.69) is 52.8 Å². The molecule has 0 N–H and O–H groups in total. The van der Waals surface area contributed by atoms with Gasteiger partial charge in [-0.15, -0.1) is 0 Å². The molecule has 0 aliphatic heterocycles. The fraction of sp³-hybridized carbons (Fsp3) is 0.435. The van der Waals surface area contributed by atoms with Crippen molar-refractivity contribution in [2.24, 2.45) is 0 Å². The standard InChI is InChI=1S/C23H28O3/c1-8-21(24)26-23(12-25-7)20-11-14(3)13(2)9-18(20)19-10-15(4)16(5)17(6)22(19)23/h9-11H,8,12H2,1-7H3. The SMILES string of the molecule is CCC(=O)OC1(COC)c2cc(C)c(C)cc2-c2cc(C)c(C)c(C)c21. The van der Waals surface area contributed by atoms with Crippen LogP contribution in [0.3, 0.4) is 0 Å². The summed E-state index contributed by atoms with van der Waals surface area (Å²) in [5, 5.41) is 0. The second kappa shape index (κ2) is 6.55. The first-order valence-corrected chi connectivity index (χ1v) is 9.21. The highest BCUT2D eigenvalue weighted by molar-refractivity contribution is 5.85. The van der Waals surface area contributed by atoms with Gasteiger partial charge in [-0.25, -0.2) is 0 Å².